The van der Waals surface area contributed by atoms with Gasteiger partial charge in [0.05, 0.1) is 17.8 Å². The first-order chi connectivity index (χ1) is 11.3. The lowest BCUT2D eigenvalue weighted by Gasteiger charge is -2.34. The van der Waals surface area contributed by atoms with Crippen LogP contribution in [0.4, 0.5) is 0 Å². The first kappa shape index (κ1) is 13.9. The number of H-pyrrole nitrogens is 1. The normalized spacial score (nSPS) is 18.4. The molecule has 0 unspecified atom stereocenters. The summed E-state index contributed by atoms with van der Waals surface area (Å²) >= 11 is 0. The summed E-state index contributed by atoms with van der Waals surface area (Å²) in [7, 11) is 0. The molecule has 3 heterocycles. The molecule has 1 atom stereocenters. The van der Waals surface area contributed by atoms with E-state index in [9.17, 15) is 4.79 Å². The zero-order valence-electron chi connectivity index (χ0n) is 12.7. The Hall–Kier alpha value is -2.70. The maximum absolute atomic E-state index is 12.8. The molecule has 0 saturated carbocycles. The van der Waals surface area contributed by atoms with Gasteiger partial charge in [0.1, 0.15) is 18.7 Å². The largest absolute Gasteiger partial charge is 0.331 e. The van der Waals surface area contributed by atoms with Gasteiger partial charge in [-0.3, -0.25) is 14.6 Å². The molecule has 1 N–H and O–H groups in total. The molecule has 7 nitrogen and oxygen atoms in total. The van der Waals surface area contributed by atoms with E-state index >= 15 is 0 Å². The van der Waals surface area contributed by atoms with Crippen molar-refractivity contribution >= 4 is 16.8 Å². The fourth-order valence-electron chi connectivity index (χ4n) is 3.26. The predicted octanol–water partition coefficient (Wildman–Crippen LogP) is 1.91. The minimum absolute atomic E-state index is 0.0134. The number of nitrogens with one attached hydrogen (secondary N) is 1. The number of hydrogen-bond donors (Lipinski definition) is 1. The minimum atomic E-state index is -0.0134. The molecule has 1 aromatic carbocycles. The smallest absolute Gasteiger partial charge is 0.244 e. The molecule has 0 bridgehead atoms. The van der Waals surface area contributed by atoms with E-state index in [2.05, 4.69) is 20.3 Å². The Labute approximate surface area is 133 Å². The highest BCUT2D eigenvalue weighted by Crippen LogP contribution is 2.28. The lowest BCUT2D eigenvalue weighted by atomic mass is 10.0. The van der Waals surface area contributed by atoms with E-state index in [0.717, 1.165) is 42.5 Å². The summed E-state index contributed by atoms with van der Waals surface area (Å²) in [6, 6.07) is 7.91. The van der Waals surface area contributed by atoms with E-state index in [4.69, 9.17) is 0 Å². The third-order valence-corrected chi connectivity index (χ3v) is 4.41. The van der Waals surface area contributed by atoms with Crippen molar-refractivity contribution in [1.82, 2.24) is 29.9 Å². The number of likely N-dealkylation sites (tertiary alicyclic amines) is 1. The van der Waals surface area contributed by atoms with E-state index in [0.29, 0.717) is 0 Å². The molecular weight excluding hydrogens is 292 g/mol. The van der Waals surface area contributed by atoms with Gasteiger partial charge in [0.2, 0.25) is 5.91 Å². The average molecular weight is 310 g/mol. The molecule has 7 heteroatoms. The van der Waals surface area contributed by atoms with Crippen molar-refractivity contribution in [2.75, 3.05) is 6.54 Å². The molecule has 1 amide bonds. The van der Waals surface area contributed by atoms with Gasteiger partial charge in [-0.1, -0.05) is 18.2 Å². The van der Waals surface area contributed by atoms with Crippen molar-refractivity contribution < 1.29 is 4.79 Å². The van der Waals surface area contributed by atoms with Crippen molar-refractivity contribution in [2.24, 2.45) is 0 Å². The lowest BCUT2D eigenvalue weighted by molar-refractivity contribution is -0.136. The summed E-state index contributed by atoms with van der Waals surface area (Å²) < 4.78 is 1.77. The van der Waals surface area contributed by atoms with Crippen molar-refractivity contribution in [2.45, 2.75) is 31.8 Å². The first-order valence-corrected chi connectivity index (χ1v) is 7.88. The van der Waals surface area contributed by atoms with Gasteiger partial charge in [-0.15, -0.1) is 0 Å². The Morgan fingerprint density at radius 2 is 2.22 bits per heavy atom. The zero-order chi connectivity index (χ0) is 15.6. The number of para-hydroxylation sites is 1. The fourth-order valence-corrected chi connectivity index (χ4v) is 3.26. The lowest BCUT2D eigenvalue weighted by Crippen LogP contribution is -2.40. The van der Waals surface area contributed by atoms with Gasteiger partial charge in [0, 0.05) is 11.9 Å². The van der Waals surface area contributed by atoms with Gasteiger partial charge in [-0.25, -0.2) is 4.98 Å². The van der Waals surface area contributed by atoms with Gasteiger partial charge in [0.25, 0.3) is 0 Å². The molecule has 118 valence electrons. The highest BCUT2D eigenvalue weighted by molar-refractivity contribution is 5.82. The summed E-state index contributed by atoms with van der Waals surface area (Å²) in [4.78, 5) is 19.0. The summed E-state index contributed by atoms with van der Waals surface area (Å²) in [5.74, 6) is 0.836. The zero-order valence-corrected chi connectivity index (χ0v) is 12.7. The van der Waals surface area contributed by atoms with Crippen LogP contribution in [0.3, 0.4) is 0 Å². The van der Waals surface area contributed by atoms with Crippen molar-refractivity contribution in [3.8, 4) is 0 Å². The standard InChI is InChI=1S/C16H18N6O/c23-15(10-22-13-6-2-1-5-12(13)9-19-22)21-8-4-3-7-14(21)16-17-11-18-20-16/h1-2,5-6,9,11,14H,3-4,7-8,10H2,(H,17,18,20)/t14-/m1/s1. The SMILES string of the molecule is O=C(Cn1ncc2ccccc21)N1CCCC[C@@H]1c1ncn[nH]1. The monoisotopic (exact) mass is 310 g/mol. The van der Waals surface area contributed by atoms with Crippen LogP contribution in [0.2, 0.25) is 0 Å². The number of nitrogens with zero attached hydrogens (tertiary/aromatic N) is 5. The van der Waals surface area contributed by atoms with Crippen LogP contribution >= 0.6 is 0 Å². The second-order valence-electron chi connectivity index (χ2n) is 5.83. The van der Waals surface area contributed by atoms with Gasteiger partial charge in [0.15, 0.2) is 0 Å². The molecule has 2 aromatic heterocycles. The Morgan fingerprint density at radius 3 is 3.09 bits per heavy atom. The van der Waals surface area contributed by atoms with Gasteiger partial charge in [-0.05, 0) is 25.3 Å². The number of fused-ring (bicyclic) bond motifs is 1. The number of benzene rings is 1. The van der Waals surface area contributed by atoms with Crippen LogP contribution in [0.15, 0.2) is 36.8 Å². The maximum atomic E-state index is 12.8. The number of rotatable bonds is 3. The Balaban J connectivity index is 1.57. The molecule has 1 aliphatic rings. The van der Waals surface area contributed by atoms with Crippen LogP contribution in [-0.2, 0) is 11.3 Å². The second-order valence-corrected chi connectivity index (χ2v) is 5.83. The number of carbonyl (C=O) groups is 1. The third-order valence-electron chi connectivity index (χ3n) is 4.41. The van der Waals surface area contributed by atoms with Crippen LogP contribution in [0.5, 0.6) is 0 Å². The van der Waals surface area contributed by atoms with Crippen LogP contribution in [0.25, 0.3) is 10.9 Å². The fraction of sp³-hybridized carbons (Fsp3) is 0.375. The van der Waals surface area contributed by atoms with E-state index in [-0.39, 0.29) is 18.5 Å². The number of carbonyl (C=O) groups excluding carboxylic acids is 1. The van der Waals surface area contributed by atoms with Crippen LogP contribution < -0.4 is 0 Å². The summed E-state index contributed by atoms with van der Waals surface area (Å²) in [6.45, 7) is 1.00. The van der Waals surface area contributed by atoms with Gasteiger partial charge >= 0.3 is 0 Å². The molecule has 1 fully saturated rings. The van der Waals surface area contributed by atoms with Crippen LogP contribution in [0.1, 0.15) is 31.1 Å². The molecule has 0 aliphatic carbocycles. The Morgan fingerprint density at radius 1 is 1.30 bits per heavy atom. The molecule has 1 aliphatic heterocycles. The first-order valence-electron chi connectivity index (χ1n) is 7.88. The number of aromatic nitrogens is 5. The van der Waals surface area contributed by atoms with Crippen molar-refractivity contribution in [3.05, 3.63) is 42.6 Å². The summed E-state index contributed by atoms with van der Waals surface area (Å²) in [6.07, 6.45) is 6.33. The highest BCUT2D eigenvalue weighted by Gasteiger charge is 2.30. The molecule has 3 aromatic rings. The number of piperidine rings is 1. The number of amides is 1. The molecule has 4 rings (SSSR count). The quantitative estimate of drug-likeness (QED) is 0.801. The van der Waals surface area contributed by atoms with Gasteiger partial charge < -0.3 is 4.90 Å². The van der Waals surface area contributed by atoms with E-state index in [1.165, 1.54) is 6.33 Å². The van der Waals surface area contributed by atoms with Crippen molar-refractivity contribution in [1.29, 1.82) is 0 Å². The Bertz CT molecular complexity index is 809. The number of aromatic amines is 1. The van der Waals surface area contributed by atoms with Crippen molar-refractivity contribution in [3.63, 3.8) is 0 Å². The highest BCUT2D eigenvalue weighted by atomic mass is 16.2. The molecule has 1 saturated heterocycles. The summed E-state index contributed by atoms with van der Waals surface area (Å²) in [5.41, 5.74) is 0.981. The van der Waals surface area contributed by atoms with Crippen LogP contribution in [-0.4, -0.2) is 42.3 Å². The van der Waals surface area contributed by atoms with E-state index in [1.807, 2.05) is 29.2 Å². The summed E-state index contributed by atoms with van der Waals surface area (Å²) in [5, 5.41) is 12.2. The second kappa shape index (κ2) is 5.83. The topological polar surface area (TPSA) is 79.7 Å². The third kappa shape index (κ3) is 2.58. The molecule has 0 spiro atoms. The average Bonchev–Trinajstić information content (AvgIpc) is 3.25. The van der Waals surface area contributed by atoms with Crippen LogP contribution in [0, 0.1) is 0 Å². The molecular formula is C16H18N6O. The predicted molar refractivity (Wildman–Crippen MR) is 84.4 cm³/mol. The molecule has 23 heavy (non-hydrogen) atoms. The maximum Gasteiger partial charge on any atom is 0.244 e. The van der Waals surface area contributed by atoms with E-state index < -0.39 is 0 Å². The van der Waals surface area contributed by atoms with E-state index in [1.54, 1.807) is 10.9 Å². The molecule has 0 radical (unpaired) electrons. The minimum Gasteiger partial charge on any atom is -0.331 e. The Kier molecular flexibility index (Phi) is 3.53. The number of hydrogen-bond acceptors (Lipinski definition) is 4. The van der Waals surface area contributed by atoms with Gasteiger partial charge in [-0.2, -0.15) is 10.2 Å².